The zero-order valence-electron chi connectivity index (χ0n) is 11.4. The van der Waals surface area contributed by atoms with Crippen molar-refractivity contribution in [2.45, 2.75) is 39.7 Å². The summed E-state index contributed by atoms with van der Waals surface area (Å²) in [6.45, 7) is 6.43. The van der Waals surface area contributed by atoms with Crippen molar-refractivity contribution >= 4 is 17.3 Å². The van der Waals surface area contributed by atoms with Gasteiger partial charge in [0.05, 0.1) is 16.9 Å². The second kappa shape index (κ2) is 6.28. The van der Waals surface area contributed by atoms with Crippen LogP contribution >= 0.6 is 0 Å². The Bertz CT molecular complexity index is 414. The molecular formula is C14H23N3O. The van der Waals surface area contributed by atoms with Gasteiger partial charge in [0.1, 0.15) is 0 Å². The smallest absolute Gasteiger partial charge is 0.250 e. The Morgan fingerprint density at radius 3 is 2.44 bits per heavy atom. The summed E-state index contributed by atoms with van der Waals surface area (Å²) in [7, 11) is 0. The van der Waals surface area contributed by atoms with Gasteiger partial charge in [-0.25, -0.2) is 0 Å². The van der Waals surface area contributed by atoms with Gasteiger partial charge >= 0.3 is 0 Å². The topological polar surface area (TPSA) is 81.1 Å². The largest absolute Gasteiger partial charge is 0.397 e. The van der Waals surface area contributed by atoms with Crippen LogP contribution < -0.4 is 16.8 Å². The summed E-state index contributed by atoms with van der Waals surface area (Å²) >= 11 is 0. The predicted octanol–water partition coefficient (Wildman–Crippen LogP) is 2.60. The lowest BCUT2D eigenvalue weighted by Crippen LogP contribution is -2.27. The average Bonchev–Trinajstić information content (AvgIpc) is 2.33. The Labute approximate surface area is 109 Å². The molecule has 0 aliphatic carbocycles. The first-order valence-corrected chi connectivity index (χ1v) is 6.46. The van der Waals surface area contributed by atoms with E-state index >= 15 is 0 Å². The molecule has 1 unspecified atom stereocenters. The van der Waals surface area contributed by atoms with E-state index in [1.807, 2.05) is 0 Å². The second-order valence-corrected chi connectivity index (χ2v) is 4.64. The van der Waals surface area contributed by atoms with E-state index in [0.29, 0.717) is 22.9 Å². The molecular weight excluding hydrogens is 226 g/mol. The Balaban J connectivity index is 2.99. The number of rotatable bonds is 6. The Morgan fingerprint density at radius 1 is 1.33 bits per heavy atom. The van der Waals surface area contributed by atoms with Crippen LogP contribution in [0.3, 0.4) is 0 Å². The van der Waals surface area contributed by atoms with E-state index < -0.39 is 5.91 Å². The van der Waals surface area contributed by atoms with Crippen LogP contribution in [0.1, 0.15) is 44.0 Å². The van der Waals surface area contributed by atoms with Gasteiger partial charge in [-0.05, 0) is 25.0 Å². The monoisotopic (exact) mass is 249 g/mol. The molecule has 1 aromatic carbocycles. The van der Waals surface area contributed by atoms with Gasteiger partial charge in [0.25, 0.3) is 5.91 Å². The number of anilines is 2. The normalized spacial score (nSPS) is 12.4. The fourth-order valence-corrected chi connectivity index (χ4v) is 2.28. The van der Waals surface area contributed by atoms with Crippen LogP contribution in [0.5, 0.6) is 0 Å². The number of nitrogens with two attached hydrogens (primary N) is 2. The third kappa shape index (κ3) is 3.15. The molecule has 1 amide bonds. The van der Waals surface area contributed by atoms with Gasteiger partial charge in [0.15, 0.2) is 0 Å². The van der Waals surface area contributed by atoms with Crippen molar-refractivity contribution < 1.29 is 4.79 Å². The minimum absolute atomic E-state index is 0.253. The fourth-order valence-electron chi connectivity index (χ4n) is 2.28. The highest BCUT2D eigenvalue weighted by Gasteiger charge is 2.17. The first-order valence-electron chi connectivity index (χ1n) is 6.46. The van der Waals surface area contributed by atoms with Gasteiger partial charge in [-0.2, -0.15) is 0 Å². The first kappa shape index (κ1) is 14.4. The highest BCUT2D eigenvalue weighted by molar-refractivity contribution is 6.01. The Morgan fingerprint density at radius 2 is 1.94 bits per heavy atom. The quantitative estimate of drug-likeness (QED) is 0.678. The van der Waals surface area contributed by atoms with E-state index in [2.05, 4.69) is 26.1 Å². The molecule has 0 aliphatic rings. The zero-order valence-corrected chi connectivity index (χ0v) is 11.4. The first-order chi connectivity index (χ1) is 8.51. The lowest BCUT2D eigenvalue weighted by Gasteiger charge is -2.25. The summed E-state index contributed by atoms with van der Waals surface area (Å²) in [5.41, 5.74) is 13.0. The molecule has 0 aliphatic heterocycles. The highest BCUT2D eigenvalue weighted by atomic mass is 16.1. The molecule has 0 heterocycles. The van der Waals surface area contributed by atoms with Gasteiger partial charge in [-0.15, -0.1) is 0 Å². The lowest BCUT2D eigenvalue weighted by atomic mass is 9.95. The number of benzene rings is 1. The summed E-state index contributed by atoms with van der Waals surface area (Å²) in [6.07, 6.45) is 2.17. The van der Waals surface area contributed by atoms with Crippen molar-refractivity contribution in [1.29, 1.82) is 0 Å². The number of primary amides is 1. The Hall–Kier alpha value is -1.71. The van der Waals surface area contributed by atoms with Gasteiger partial charge in [-0.3, -0.25) is 4.79 Å². The van der Waals surface area contributed by atoms with Gasteiger partial charge in [0, 0.05) is 6.04 Å². The molecule has 0 radical (unpaired) electrons. The molecule has 4 nitrogen and oxygen atoms in total. The maximum atomic E-state index is 11.4. The third-order valence-corrected chi connectivity index (χ3v) is 3.49. The molecule has 0 saturated heterocycles. The minimum Gasteiger partial charge on any atom is -0.397 e. The molecule has 0 aromatic heterocycles. The van der Waals surface area contributed by atoms with Crippen molar-refractivity contribution in [2.24, 2.45) is 11.7 Å². The van der Waals surface area contributed by atoms with E-state index in [1.165, 1.54) is 0 Å². The van der Waals surface area contributed by atoms with Crippen LogP contribution in [-0.4, -0.2) is 11.9 Å². The number of carbonyl (C=O) groups excluding carboxylic acids is 1. The van der Waals surface area contributed by atoms with E-state index in [-0.39, 0.29) is 6.04 Å². The molecule has 1 aromatic rings. The van der Waals surface area contributed by atoms with Crippen molar-refractivity contribution in [3.8, 4) is 0 Å². The molecule has 1 atom stereocenters. The molecule has 0 fully saturated rings. The maximum absolute atomic E-state index is 11.4. The lowest BCUT2D eigenvalue weighted by molar-refractivity contribution is 0.100. The van der Waals surface area contributed by atoms with Crippen LogP contribution in [0.15, 0.2) is 18.2 Å². The van der Waals surface area contributed by atoms with E-state index in [4.69, 9.17) is 11.5 Å². The van der Waals surface area contributed by atoms with E-state index in [9.17, 15) is 4.79 Å². The summed E-state index contributed by atoms with van der Waals surface area (Å²) in [5, 5.41) is 3.34. The molecule has 0 spiro atoms. The standard InChI is InChI=1S/C14H23N3O/c1-4-10(5-2)9(3)17-13-11(14(16)18)7-6-8-12(13)15/h6-10,17H,4-5,15H2,1-3H3,(H2,16,18). The molecule has 5 N–H and O–H groups in total. The second-order valence-electron chi connectivity index (χ2n) is 4.64. The molecule has 100 valence electrons. The molecule has 0 saturated carbocycles. The van der Waals surface area contributed by atoms with Crippen molar-refractivity contribution in [3.05, 3.63) is 23.8 Å². The average molecular weight is 249 g/mol. The molecule has 1 rings (SSSR count). The van der Waals surface area contributed by atoms with Gasteiger partial charge < -0.3 is 16.8 Å². The number of hydrogen-bond acceptors (Lipinski definition) is 3. The number of nitrogen functional groups attached to an aromatic ring is 1. The number of hydrogen-bond donors (Lipinski definition) is 3. The van der Waals surface area contributed by atoms with Crippen molar-refractivity contribution in [3.63, 3.8) is 0 Å². The number of nitrogens with one attached hydrogen (secondary N) is 1. The fraction of sp³-hybridized carbons (Fsp3) is 0.500. The van der Waals surface area contributed by atoms with E-state index in [0.717, 1.165) is 12.8 Å². The summed E-state index contributed by atoms with van der Waals surface area (Å²) in [6, 6.07) is 5.46. The van der Waals surface area contributed by atoms with Crippen molar-refractivity contribution in [2.75, 3.05) is 11.1 Å². The summed E-state index contributed by atoms with van der Waals surface area (Å²) in [4.78, 5) is 11.4. The molecule has 18 heavy (non-hydrogen) atoms. The van der Waals surface area contributed by atoms with Crippen LogP contribution in [0.2, 0.25) is 0 Å². The van der Waals surface area contributed by atoms with E-state index in [1.54, 1.807) is 18.2 Å². The third-order valence-electron chi connectivity index (χ3n) is 3.49. The minimum atomic E-state index is -0.457. The Kier molecular flexibility index (Phi) is 5.01. The van der Waals surface area contributed by atoms with Crippen molar-refractivity contribution in [1.82, 2.24) is 0 Å². The van der Waals surface area contributed by atoms with Crippen LogP contribution in [0.4, 0.5) is 11.4 Å². The zero-order chi connectivity index (χ0) is 13.7. The summed E-state index contributed by atoms with van der Waals surface area (Å²) in [5.74, 6) is 0.0897. The number of para-hydroxylation sites is 1. The van der Waals surface area contributed by atoms with Gasteiger partial charge in [0.2, 0.25) is 0 Å². The SMILES string of the molecule is CCC(CC)C(C)Nc1c(N)cccc1C(N)=O. The molecule has 4 heteroatoms. The van der Waals surface area contributed by atoms with Crippen LogP contribution in [0.25, 0.3) is 0 Å². The van der Waals surface area contributed by atoms with Crippen LogP contribution in [-0.2, 0) is 0 Å². The van der Waals surface area contributed by atoms with Gasteiger partial charge in [-0.1, -0.05) is 32.8 Å². The predicted molar refractivity (Wildman–Crippen MR) is 76.5 cm³/mol. The number of carbonyl (C=O) groups is 1. The summed E-state index contributed by atoms with van der Waals surface area (Å²) < 4.78 is 0. The maximum Gasteiger partial charge on any atom is 0.250 e. The highest BCUT2D eigenvalue weighted by Crippen LogP contribution is 2.26. The van der Waals surface area contributed by atoms with Crippen LogP contribution in [0, 0.1) is 5.92 Å². The number of amides is 1. The molecule has 0 bridgehead atoms.